The summed E-state index contributed by atoms with van der Waals surface area (Å²) in [5.74, 6) is -4.37. The summed E-state index contributed by atoms with van der Waals surface area (Å²) in [7, 11) is 0. The van der Waals surface area contributed by atoms with Gasteiger partial charge in [0.1, 0.15) is 17.1 Å². The number of nitrogens with zero attached hydrogens (tertiary/aromatic N) is 3. The van der Waals surface area contributed by atoms with Crippen molar-refractivity contribution in [3.05, 3.63) is 47.2 Å². The number of aromatic nitrogens is 3. The first-order chi connectivity index (χ1) is 15.7. The van der Waals surface area contributed by atoms with Gasteiger partial charge in [-0.1, -0.05) is 50.2 Å². The van der Waals surface area contributed by atoms with Crippen LogP contribution in [-0.2, 0) is 17.1 Å². The Morgan fingerprint density at radius 2 is 1.79 bits per heavy atom. The molecule has 0 aliphatic heterocycles. The molecule has 0 aliphatic carbocycles. The molecule has 182 valence electrons. The van der Waals surface area contributed by atoms with Crippen LogP contribution in [0.5, 0.6) is 0 Å². The van der Waals surface area contributed by atoms with Crippen LogP contribution in [0.4, 0.5) is 20.5 Å². The molecule has 0 atom stereocenters. The predicted octanol–water partition coefficient (Wildman–Crippen LogP) is 4.12. The molecule has 0 bridgehead atoms. The molecule has 2 heterocycles. The Hall–Kier alpha value is -3.76. The highest BCUT2D eigenvalue weighted by molar-refractivity contribution is 6.03. The minimum atomic E-state index is -3.23. The third kappa shape index (κ3) is 4.78. The average molecular weight is 475 g/mol. The lowest BCUT2D eigenvalue weighted by atomic mass is 9.86. The van der Waals surface area contributed by atoms with E-state index >= 15 is 0 Å². The number of carbonyl (C=O) groups is 2. The number of primary amides is 1. The second-order valence-electron chi connectivity index (χ2n) is 9.33. The lowest BCUT2D eigenvalue weighted by Gasteiger charge is -2.27. The van der Waals surface area contributed by atoms with Crippen molar-refractivity contribution in [2.45, 2.75) is 53.0 Å². The Kier molecular flexibility index (Phi) is 6.50. The average Bonchev–Trinajstić information content (AvgIpc) is 3.32. The fourth-order valence-electron chi connectivity index (χ4n) is 3.30. The molecular formula is C23H28F2N6O3. The molecule has 11 heteroatoms. The fraction of sp³-hybridized carbons (Fsp3) is 0.391. The Morgan fingerprint density at radius 3 is 2.32 bits per heavy atom. The molecular weight excluding hydrogens is 446 g/mol. The maximum Gasteiger partial charge on any atom is 0.297 e. The number of nitrogens with two attached hydrogens (primary N) is 2. The molecule has 3 rings (SSSR count). The number of nitrogens with one attached hydrogen (secondary N) is 1. The van der Waals surface area contributed by atoms with E-state index in [1.165, 1.54) is 25.5 Å². The molecule has 0 aliphatic rings. The summed E-state index contributed by atoms with van der Waals surface area (Å²) >= 11 is 0. The Bertz CT molecular complexity index is 1210. The number of hydrogen-bond acceptors (Lipinski definition) is 6. The van der Waals surface area contributed by atoms with Crippen molar-refractivity contribution in [2.24, 2.45) is 11.1 Å². The number of rotatable bonds is 7. The van der Waals surface area contributed by atoms with Gasteiger partial charge in [0.05, 0.1) is 6.42 Å². The van der Waals surface area contributed by atoms with E-state index in [2.05, 4.69) is 15.6 Å². The van der Waals surface area contributed by atoms with E-state index in [9.17, 15) is 18.4 Å². The van der Waals surface area contributed by atoms with Crippen LogP contribution in [0.25, 0.3) is 11.3 Å². The molecule has 0 fully saturated rings. The van der Waals surface area contributed by atoms with Crippen molar-refractivity contribution in [1.82, 2.24) is 14.9 Å². The zero-order chi connectivity index (χ0) is 25.4. The third-order valence-electron chi connectivity index (χ3n) is 5.31. The van der Waals surface area contributed by atoms with Gasteiger partial charge in [0, 0.05) is 23.1 Å². The molecule has 2 aromatic heterocycles. The summed E-state index contributed by atoms with van der Waals surface area (Å²) < 4.78 is 35.2. The largest absolute Gasteiger partial charge is 0.383 e. The molecule has 0 radical (unpaired) electrons. The van der Waals surface area contributed by atoms with Crippen molar-refractivity contribution >= 4 is 23.5 Å². The Balaban J connectivity index is 1.74. The molecule has 3 aromatic rings. The Labute approximate surface area is 195 Å². The second kappa shape index (κ2) is 8.88. The van der Waals surface area contributed by atoms with Gasteiger partial charge < -0.3 is 16.0 Å². The van der Waals surface area contributed by atoms with E-state index in [-0.39, 0.29) is 29.7 Å². The molecule has 1 aromatic carbocycles. The molecule has 0 saturated carbocycles. The maximum atomic E-state index is 14.4. The van der Waals surface area contributed by atoms with Crippen molar-refractivity contribution in [3.8, 4) is 11.3 Å². The Morgan fingerprint density at radius 1 is 1.18 bits per heavy atom. The number of amides is 2. The molecule has 9 nitrogen and oxygen atoms in total. The molecule has 5 N–H and O–H groups in total. The van der Waals surface area contributed by atoms with E-state index in [0.717, 1.165) is 6.07 Å². The summed E-state index contributed by atoms with van der Waals surface area (Å²) in [4.78, 5) is 24.3. The topological polar surface area (TPSA) is 142 Å². The van der Waals surface area contributed by atoms with Gasteiger partial charge in [-0.05, 0) is 19.4 Å². The zero-order valence-electron chi connectivity index (χ0n) is 19.6. The molecule has 0 unspecified atom stereocenters. The van der Waals surface area contributed by atoms with Crippen LogP contribution in [0.1, 0.15) is 62.3 Å². The van der Waals surface area contributed by atoms with Gasteiger partial charge in [-0.2, -0.15) is 13.9 Å². The van der Waals surface area contributed by atoms with Gasteiger partial charge in [-0.25, -0.2) is 4.68 Å². The quantitative estimate of drug-likeness (QED) is 0.470. The number of nitrogen functional groups attached to an aromatic ring is 1. The first-order valence-electron chi connectivity index (χ1n) is 10.6. The van der Waals surface area contributed by atoms with Gasteiger partial charge in [-0.15, -0.1) is 0 Å². The standard InChI is InChI=1S/C23H28F2N6O3/c1-12(2)31-20(26)18(21(27)33)19(29-31)14-8-6-13(7-9-14)10-16(32)28-17-11-15(30-34-17)23(24,25)22(3,4)5/h6-9,11-12H,10,26H2,1-5H3,(H2,27,33)(H,28,32). The number of carbonyl (C=O) groups excluding carboxylic acids is 2. The van der Waals surface area contributed by atoms with E-state index in [0.29, 0.717) is 16.8 Å². The van der Waals surface area contributed by atoms with Gasteiger partial charge in [0.25, 0.3) is 11.8 Å². The summed E-state index contributed by atoms with van der Waals surface area (Å²) in [6.45, 7) is 7.91. The van der Waals surface area contributed by atoms with E-state index in [1.54, 1.807) is 24.3 Å². The maximum absolute atomic E-state index is 14.4. The normalized spacial score (nSPS) is 12.2. The first-order valence-corrected chi connectivity index (χ1v) is 10.6. The number of alkyl halides is 2. The number of hydrogen-bond donors (Lipinski definition) is 3. The summed E-state index contributed by atoms with van der Waals surface area (Å²) in [6.07, 6.45) is -0.0444. The molecule has 34 heavy (non-hydrogen) atoms. The minimum absolute atomic E-state index is 0.0444. The van der Waals surface area contributed by atoms with E-state index in [4.69, 9.17) is 16.0 Å². The van der Waals surface area contributed by atoms with Crippen LogP contribution in [0.15, 0.2) is 34.9 Å². The number of anilines is 2. The predicted molar refractivity (Wildman–Crippen MR) is 123 cm³/mol. The van der Waals surface area contributed by atoms with Gasteiger partial charge in [-0.3, -0.25) is 14.9 Å². The van der Waals surface area contributed by atoms with Crippen LogP contribution in [0.2, 0.25) is 0 Å². The van der Waals surface area contributed by atoms with Gasteiger partial charge in [0.15, 0.2) is 5.69 Å². The summed E-state index contributed by atoms with van der Waals surface area (Å²) in [6, 6.07) is 7.70. The van der Waals surface area contributed by atoms with Crippen molar-refractivity contribution < 1.29 is 22.9 Å². The molecule has 0 spiro atoms. The van der Waals surface area contributed by atoms with Crippen LogP contribution < -0.4 is 16.8 Å². The van der Waals surface area contributed by atoms with E-state index in [1.807, 2.05) is 13.8 Å². The highest BCUT2D eigenvalue weighted by Gasteiger charge is 2.47. The lowest BCUT2D eigenvalue weighted by Crippen LogP contribution is -2.31. The second-order valence-corrected chi connectivity index (χ2v) is 9.33. The monoisotopic (exact) mass is 474 g/mol. The fourth-order valence-corrected chi connectivity index (χ4v) is 3.30. The highest BCUT2D eigenvalue weighted by Crippen LogP contribution is 2.44. The van der Waals surface area contributed by atoms with Gasteiger partial charge >= 0.3 is 0 Å². The summed E-state index contributed by atoms with van der Waals surface area (Å²) in [5, 5.41) is 10.3. The lowest BCUT2D eigenvalue weighted by molar-refractivity contribution is -0.115. The van der Waals surface area contributed by atoms with Crippen LogP contribution >= 0.6 is 0 Å². The smallest absolute Gasteiger partial charge is 0.297 e. The van der Waals surface area contributed by atoms with Crippen LogP contribution in [0, 0.1) is 5.41 Å². The van der Waals surface area contributed by atoms with Crippen molar-refractivity contribution in [3.63, 3.8) is 0 Å². The zero-order valence-corrected chi connectivity index (χ0v) is 19.6. The molecule has 0 saturated heterocycles. The van der Waals surface area contributed by atoms with Gasteiger partial charge in [0.2, 0.25) is 11.8 Å². The third-order valence-corrected chi connectivity index (χ3v) is 5.31. The number of benzene rings is 1. The minimum Gasteiger partial charge on any atom is -0.383 e. The highest BCUT2D eigenvalue weighted by atomic mass is 19.3. The SMILES string of the molecule is CC(C)n1nc(-c2ccc(CC(=O)Nc3cc(C(F)(F)C(C)(C)C)no3)cc2)c(C(N)=O)c1N. The first kappa shape index (κ1) is 24.9. The molecule has 2 amide bonds. The number of halogens is 2. The van der Waals surface area contributed by atoms with Crippen LogP contribution in [-0.4, -0.2) is 26.8 Å². The van der Waals surface area contributed by atoms with Crippen molar-refractivity contribution in [2.75, 3.05) is 11.1 Å². The van der Waals surface area contributed by atoms with Crippen molar-refractivity contribution in [1.29, 1.82) is 0 Å². The summed E-state index contributed by atoms with van der Waals surface area (Å²) in [5.41, 5.74) is 11.4. The van der Waals surface area contributed by atoms with E-state index < -0.39 is 28.8 Å². The van der Waals surface area contributed by atoms with Crippen LogP contribution in [0.3, 0.4) is 0 Å².